The van der Waals surface area contributed by atoms with Crippen LogP contribution in [0.5, 0.6) is 0 Å². The van der Waals surface area contributed by atoms with Gasteiger partial charge in [-0.05, 0) is 30.0 Å². The number of hydrogen-bond acceptors (Lipinski definition) is 1. The molecule has 2 nitrogen and oxygen atoms in total. The maximum absolute atomic E-state index is 12.7. The zero-order valence-electron chi connectivity index (χ0n) is 9.53. The number of likely N-dealkylation sites (tertiary alicyclic amines) is 1. The number of alkyl halides is 1. The van der Waals surface area contributed by atoms with Crippen LogP contribution >= 0.6 is 15.9 Å². The Balaban J connectivity index is 1.86. The lowest BCUT2D eigenvalue weighted by Gasteiger charge is -2.16. The van der Waals surface area contributed by atoms with Gasteiger partial charge in [0.1, 0.15) is 5.82 Å². The van der Waals surface area contributed by atoms with Crippen LogP contribution in [-0.2, 0) is 11.2 Å². The van der Waals surface area contributed by atoms with Crippen molar-refractivity contribution in [1.29, 1.82) is 0 Å². The molecule has 1 aliphatic heterocycles. The van der Waals surface area contributed by atoms with Crippen LogP contribution in [0.3, 0.4) is 0 Å². The molecule has 1 fully saturated rings. The summed E-state index contributed by atoms with van der Waals surface area (Å²) in [6.45, 7) is 1.57. The molecular formula is C13H15BrFNO. The molecule has 0 bridgehead atoms. The molecule has 1 aromatic rings. The van der Waals surface area contributed by atoms with E-state index in [1.807, 2.05) is 4.90 Å². The van der Waals surface area contributed by atoms with E-state index in [1.54, 1.807) is 12.1 Å². The van der Waals surface area contributed by atoms with Crippen molar-refractivity contribution in [1.82, 2.24) is 4.90 Å². The lowest BCUT2D eigenvalue weighted by Crippen LogP contribution is -2.27. The van der Waals surface area contributed by atoms with Gasteiger partial charge in [-0.1, -0.05) is 28.1 Å². The van der Waals surface area contributed by atoms with Crippen molar-refractivity contribution < 1.29 is 9.18 Å². The third-order valence-electron chi connectivity index (χ3n) is 3.10. The second-order valence-corrected chi connectivity index (χ2v) is 5.09. The van der Waals surface area contributed by atoms with Gasteiger partial charge in [-0.15, -0.1) is 0 Å². The number of hydrogen-bond donors (Lipinski definition) is 0. The highest BCUT2D eigenvalue weighted by Gasteiger charge is 2.28. The van der Waals surface area contributed by atoms with E-state index in [4.69, 9.17) is 0 Å². The average Bonchev–Trinajstić information content (AvgIpc) is 2.69. The molecule has 1 atom stereocenters. The molecule has 1 aliphatic rings. The highest BCUT2D eigenvalue weighted by molar-refractivity contribution is 9.09. The molecule has 0 saturated carbocycles. The number of rotatable bonds is 4. The van der Waals surface area contributed by atoms with E-state index in [-0.39, 0.29) is 11.7 Å². The van der Waals surface area contributed by atoms with E-state index >= 15 is 0 Å². The van der Waals surface area contributed by atoms with Crippen molar-refractivity contribution in [3.8, 4) is 0 Å². The summed E-state index contributed by atoms with van der Waals surface area (Å²) in [5.74, 6) is 0.456. The largest absolute Gasteiger partial charge is 0.342 e. The summed E-state index contributed by atoms with van der Waals surface area (Å²) in [4.78, 5) is 13.6. The number of halogens is 2. The van der Waals surface area contributed by atoms with Crippen LogP contribution in [0, 0.1) is 11.7 Å². The van der Waals surface area contributed by atoms with E-state index in [2.05, 4.69) is 15.9 Å². The summed E-state index contributed by atoms with van der Waals surface area (Å²) in [7, 11) is 0. The third kappa shape index (κ3) is 3.28. The Bertz CT molecular complexity index is 393. The molecule has 0 N–H and O–H groups in total. The Kier molecular flexibility index (Phi) is 4.15. The molecule has 0 aromatic heterocycles. The number of carbonyl (C=O) groups is 1. The van der Waals surface area contributed by atoms with Crippen molar-refractivity contribution in [2.75, 3.05) is 18.4 Å². The molecular weight excluding hydrogens is 285 g/mol. The molecule has 1 amide bonds. The van der Waals surface area contributed by atoms with Gasteiger partial charge < -0.3 is 4.90 Å². The van der Waals surface area contributed by atoms with E-state index in [9.17, 15) is 9.18 Å². The first-order valence-corrected chi connectivity index (χ1v) is 6.89. The molecule has 0 radical (unpaired) electrons. The smallest absolute Gasteiger partial charge is 0.222 e. The summed E-state index contributed by atoms with van der Waals surface area (Å²) in [6.07, 6.45) is 1.44. The summed E-state index contributed by atoms with van der Waals surface area (Å²) in [6, 6.07) is 6.47. The summed E-state index contributed by atoms with van der Waals surface area (Å²) in [5.41, 5.74) is 1.07. The lowest BCUT2D eigenvalue weighted by molar-refractivity contribution is -0.127. The van der Waals surface area contributed by atoms with Crippen molar-refractivity contribution in [3.63, 3.8) is 0 Å². The Morgan fingerprint density at radius 3 is 2.65 bits per heavy atom. The second kappa shape index (κ2) is 5.63. The van der Waals surface area contributed by atoms with Gasteiger partial charge in [0.05, 0.1) is 0 Å². The Hall–Kier alpha value is -0.900. The number of amides is 1. The second-order valence-electron chi connectivity index (χ2n) is 4.44. The van der Waals surface area contributed by atoms with Gasteiger partial charge in [-0.2, -0.15) is 0 Å². The third-order valence-corrected chi connectivity index (χ3v) is 4.01. The van der Waals surface area contributed by atoms with Crippen LogP contribution in [0.2, 0.25) is 0 Å². The van der Waals surface area contributed by atoms with Crippen molar-refractivity contribution in [2.45, 2.75) is 12.8 Å². The Labute approximate surface area is 109 Å². The molecule has 4 heteroatoms. The molecule has 0 spiro atoms. The molecule has 0 aliphatic carbocycles. The van der Waals surface area contributed by atoms with Gasteiger partial charge in [0.2, 0.25) is 5.91 Å². The van der Waals surface area contributed by atoms with E-state index in [1.165, 1.54) is 12.1 Å². The standard InChI is InChI=1S/C13H15BrFNO/c14-8-11-7-13(17)16(9-11)6-5-10-1-3-12(15)4-2-10/h1-4,11H,5-9H2. The predicted molar refractivity (Wildman–Crippen MR) is 68.6 cm³/mol. The number of benzene rings is 1. The van der Waals surface area contributed by atoms with Crippen LogP contribution < -0.4 is 0 Å². The molecule has 1 saturated heterocycles. The first-order chi connectivity index (χ1) is 8.19. The minimum Gasteiger partial charge on any atom is -0.342 e. The zero-order chi connectivity index (χ0) is 12.3. The molecule has 17 heavy (non-hydrogen) atoms. The molecule has 1 aromatic carbocycles. The van der Waals surface area contributed by atoms with Gasteiger partial charge in [-0.3, -0.25) is 4.79 Å². The summed E-state index contributed by atoms with van der Waals surface area (Å²) < 4.78 is 12.7. The van der Waals surface area contributed by atoms with Crippen LogP contribution in [0.4, 0.5) is 4.39 Å². The van der Waals surface area contributed by atoms with Crippen molar-refractivity contribution >= 4 is 21.8 Å². The summed E-state index contributed by atoms with van der Waals surface area (Å²) in [5, 5.41) is 0.881. The van der Waals surface area contributed by atoms with E-state index in [0.29, 0.717) is 12.3 Å². The Morgan fingerprint density at radius 2 is 2.06 bits per heavy atom. The zero-order valence-corrected chi connectivity index (χ0v) is 11.1. The van der Waals surface area contributed by atoms with Gasteiger partial charge in [-0.25, -0.2) is 4.39 Å². The average molecular weight is 300 g/mol. The van der Waals surface area contributed by atoms with E-state index in [0.717, 1.165) is 30.4 Å². The van der Waals surface area contributed by atoms with Crippen molar-refractivity contribution in [2.24, 2.45) is 5.92 Å². The fourth-order valence-corrected chi connectivity index (χ4v) is 2.52. The highest BCUT2D eigenvalue weighted by Crippen LogP contribution is 2.19. The van der Waals surface area contributed by atoms with Crippen LogP contribution in [0.25, 0.3) is 0 Å². The monoisotopic (exact) mass is 299 g/mol. The fourth-order valence-electron chi connectivity index (χ4n) is 2.09. The first kappa shape index (κ1) is 12.6. The van der Waals surface area contributed by atoms with Crippen LogP contribution in [-0.4, -0.2) is 29.2 Å². The lowest BCUT2D eigenvalue weighted by atomic mass is 10.1. The fraction of sp³-hybridized carbons (Fsp3) is 0.462. The summed E-state index contributed by atoms with van der Waals surface area (Å²) >= 11 is 3.41. The highest BCUT2D eigenvalue weighted by atomic mass is 79.9. The van der Waals surface area contributed by atoms with Gasteiger partial charge >= 0.3 is 0 Å². The molecule has 92 valence electrons. The number of carbonyl (C=O) groups excluding carboxylic acids is 1. The predicted octanol–water partition coefficient (Wildman–Crippen LogP) is 2.61. The number of nitrogens with zero attached hydrogens (tertiary/aromatic N) is 1. The molecule has 1 heterocycles. The SMILES string of the molecule is O=C1CC(CBr)CN1CCc1ccc(F)cc1. The maximum Gasteiger partial charge on any atom is 0.222 e. The topological polar surface area (TPSA) is 20.3 Å². The molecule has 2 rings (SSSR count). The van der Waals surface area contributed by atoms with Gasteiger partial charge in [0.15, 0.2) is 0 Å². The molecule has 1 unspecified atom stereocenters. The van der Waals surface area contributed by atoms with Gasteiger partial charge in [0.25, 0.3) is 0 Å². The quantitative estimate of drug-likeness (QED) is 0.783. The van der Waals surface area contributed by atoms with Crippen molar-refractivity contribution in [3.05, 3.63) is 35.6 Å². The van der Waals surface area contributed by atoms with Crippen LogP contribution in [0.15, 0.2) is 24.3 Å². The van der Waals surface area contributed by atoms with Crippen LogP contribution in [0.1, 0.15) is 12.0 Å². The first-order valence-electron chi connectivity index (χ1n) is 5.77. The minimum absolute atomic E-state index is 0.217. The normalized spacial score (nSPS) is 20.0. The minimum atomic E-state index is -0.217. The maximum atomic E-state index is 12.7. The van der Waals surface area contributed by atoms with Gasteiger partial charge in [0, 0.05) is 24.8 Å². The Morgan fingerprint density at radius 1 is 1.35 bits per heavy atom. The van der Waals surface area contributed by atoms with E-state index < -0.39 is 0 Å².